The number of piperidine rings is 2. The number of carbonyl (C=O) groups is 4. The Morgan fingerprint density at radius 1 is 0.958 bits per heavy atom. The van der Waals surface area contributed by atoms with Gasteiger partial charge < -0.3 is 35.6 Å². The molecule has 4 amide bonds. The molecule has 2 aromatic carbocycles. The molecule has 71 heavy (non-hydrogen) atoms. The van der Waals surface area contributed by atoms with Crippen LogP contribution in [0, 0.1) is 39.9 Å². The monoisotopic (exact) mass is 1010 g/mol. The molecule has 2 aromatic heterocycles. The number of amides is 4. The first-order chi connectivity index (χ1) is 33.6. The Balaban J connectivity index is 0.784. The van der Waals surface area contributed by atoms with E-state index in [-0.39, 0.29) is 78.1 Å². The number of hydrogen-bond acceptors (Lipinski definition) is 12. The van der Waals surface area contributed by atoms with E-state index < -0.39 is 23.6 Å². The summed E-state index contributed by atoms with van der Waals surface area (Å²) in [6.45, 7) is 19.7. The van der Waals surface area contributed by atoms with Gasteiger partial charge >= 0.3 is 0 Å². The van der Waals surface area contributed by atoms with Crippen LogP contribution in [0.15, 0.2) is 66.3 Å². The summed E-state index contributed by atoms with van der Waals surface area (Å²) in [6.07, 6.45) is 4.63. The molecule has 4 fully saturated rings. The number of ether oxygens (including phenoxy) is 1. The fourth-order valence-electron chi connectivity index (χ4n) is 11.6. The zero-order chi connectivity index (χ0) is 51.0. The van der Waals surface area contributed by atoms with E-state index in [0.29, 0.717) is 21.9 Å². The lowest BCUT2D eigenvalue weighted by Crippen LogP contribution is -2.74. The quantitative estimate of drug-likeness (QED) is 0.106. The van der Waals surface area contributed by atoms with E-state index >= 15 is 0 Å². The Morgan fingerprint density at radius 3 is 2.23 bits per heavy atom. The predicted octanol–water partition coefficient (Wildman–Crippen LogP) is 7.14. The van der Waals surface area contributed by atoms with Crippen LogP contribution in [0.2, 0.25) is 5.02 Å². The number of thiazole rings is 1. The van der Waals surface area contributed by atoms with Crippen molar-refractivity contribution in [1.82, 2.24) is 35.7 Å². The summed E-state index contributed by atoms with van der Waals surface area (Å²) in [7, 11) is 0. The van der Waals surface area contributed by atoms with Gasteiger partial charge in [-0.1, -0.05) is 84.3 Å². The molecule has 0 bridgehead atoms. The number of likely N-dealkylation sites (tertiary alicyclic amines) is 2. The molecule has 3 atom stereocenters. The van der Waals surface area contributed by atoms with Gasteiger partial charge in [0.2, 0.25) is 17.7 Å². The number of aliphatic hydroxyl groups is 1. The molecule has 15 nitrogen and oxygen atoms in total. The van der Waals surface area contributed by atoms with E-state index in [0.717, 1.165) is 79.4 Å². The molecule has 4 aliphatic rings. The second kappa shape index (κ2) is 20.5. The smallest absolute Gasteiger partial charge is 0.253 e. The first-order valence-corrected chi connectivity index (χ1v) is 26.0. The maximum Gasteiger partial charge on any atom is 0.253 e. The van der Waals surface area contributed by atoms with E-state index in [1.165, 1.54) is 4.90 Å². The van der Waals surface area contributed by atoms with Crippen molar-refractivity contribution >= 4 is 52.4 Å². The van der Waals surface area contributed by atoms with Crippen molar-refractivity contribution in [3.8, 4) is 22.3 Å². The molecule has 4 N–H and O–H groups in total. The third-order valence-corrected chi connectivity index (χ3v) is 16.9. The van der Waals surface area contributed by atoms with Gasteiger partial charge in [0, 0.05) is 61.7 Å². The third kappa shape index (κ3) is 11.1. The number of hydrogen-bond donors (Lipinski definition) is 4. The van der Waals surface area contributed by atoms with Crippen molar-refractivity contribution in [2.45, 2.75) is 124 Å². The highest BCUT2D eigenvalue weighted by molar-refractivity contribution is 7.13. The molecule has 5 heterocycles. The Morgan fingerprint density at radius 2 is 1.63 bits per heavy atom. The average molecular weight is 1010 g/mol. The summed E-state index contributed by atoms with van der Waals surface area (Å²) >= 11 is 7.85. The number of aliphatic hydroxyl groups excluding tert-OH is 1. The van der Waals surface area contributed by atoms with E-state index in [2.05, 4.69) is 64.5 Å². The summed E-state index contributed by atoms with van der Waals surface area (Å²) in [5.74, 6) is 0.273. The highest BCUT2D eigenvalue weighted by atomic mass is 35.5. The van der Waals surface area contributed by atoms with Gasteiger partial charge in [-0.05, 0) is 91.9 Å². The van der Waals surface area contributed by atoms with Crippen molar-refractivity contribution in [3.05, 3.63) is 93.7 Å². The number of rotatable bonds is 13. The Bertz CT molecular complexity index is 2630. The van der Waals surface area contributed by atoms with Crippen molar-refractivity contribution in [3.63, 3.8) is 0 Å². The minimum Gasteiger partial charge on any atom is -0.489 e. The van der Waals surface area contributed by atoms with E-state index in [1.54, 1.807) is 35.7 Å². The number of halogens is 1. The van der Waals surface area contributed by atoms with Gasteiger partial charge in [-0.2, -0.15) is 5.26 Å². The zero-order valence-corrected chi connectivity index (χ0v) is 43.8. The predicted molar refractivity (Wildman–Crippen MR) is 275 cm³/mol. The first kappa shape index (κ1) is 51.7. The number of aryl methyl sites for hydroxylation is 1. The highest BCUT2D eigenvalue weighted by Crippen LogP contribution is 2.55. The zero-order valence-electron chi connectivity index (χ0n) is 42.2. The Hall–Kier alpha value is -5.60. The summed E-state index contributed by atoms with van der Waals surface area (Å²) < 4.78 is 6.39. The van der Waals surface area contributed by atoms with Gasteiger partial charge in [-0.25, -0.2) is 9.97 Å². The Labute approximate surface area is 426 Å². The number of β-amino-alcohol motifs (C(OH)–C–C–N with tert-alkyl or cyclic N) is 1. The summed E-state index contributed by atoms with van der Waals surface area (Å²) in [5.41, 5.74) is 4.37. The molecule has 0 radical (unpaired) electrons. The second-order valence-electron chi connectivity index (χ2n) is 22.4. The molecule has 1 spiro atoms. The van der Waals surface area contributed by atoms with Crippen LogP contribution < -0.4 is 25.6 Å². The standard InChI is InChI=1S/C54H68ClN9O6S/c1-33-44(71-32-59-33)35-11-9-34(10-12-35)28-58-47(68)41-25-38(65)30-64(41)48(69)45(51(2,3)4)60-43(66)31-62-21-17-54(18-22-62)19-23-63(24-20-54)42-16-14-37(29-57-42)46(67)61-49-52(5,6)50(53(49,7)8)70-39-15-13-36(27-56)40(55)26-39/h9-16,26,29,32,38,41,45,49-50,65H,17-25,28,30-31H2,1-8H3,(H,58,68)(H,60,66)(H,61,67)/t38-,41+,45-,49-,50-/m1/s1. The van der Waals surface area contributed by atoms with Crippen LogP contribution >= 0.6 is 22.9 Å². The second-order valence-corrected chi connectivity index (χ2v) is 23.7. The number of nitrogens with zero attached hydrogens (tertiary/aromatic N) is 6. The first-order valence-electron chi connectivity index (χ1n) is 24.7. The summed E-state index contributed by atoms with van der Waals surface area (Å²) in [4.78, 5) is 71.2. The fraction of sp³-hybridized carbons (Fsp3) is 0.537. The van der Waals surface area contributed by atoms with Crippen LogP contribution in [0.25, 0.3) is 10.4 Å². The molecule has 1 aliphatic carbocycles. The third-order valence-electron chi connectivity index (χ3n) is 15.6. The molecule has 378 valence electrons. The SMILES string of the molecule is Cc1ncsc1-c1ccc(CNC(=O)[C@@H]2C[C@@H](O)CN2C(=O)[C@@H](NC(=O)CN2CCC3(CC2)CCN(c2ccc(C(=O)N[C@H]4C(C)(C)[C@H](Oc5ccc(C#N)c(Cl)c5)C4(C)C)cn2)CC3)C(C)(C)C)cc1. The summed E-state index contributed by atoms with van der Waals surface area (Å²) in [6, 6.07) is 16.9. The Kier molecular flexibility index (Phi) is 14.9. The minimum atomic E-state index is -0.895. The molecule has 17 heteroatoms. The minimum absolute atomic E-state index is 0.0162. The van der Waals surface area contributed by atoms with Crippen LogP contribution in [0.3, 0.4) is 0 Å². The van der Waals surface area contributed by atoms with E-state index in [4.69, 9.17) is 21.3 Å². The number of nitriles is 1. The lowest BCUT2D eigenvalue weighted by atomic mass is 9.49. The molecule has 8 rings (SSSR count). The van der Waals surface area contributed by atoms with Gasteiger partial charge in [-0.15, -0.1) is 11.3 Å². The number of aromatic nitrogens is 2. The normalized spacial score (nSPS) is 23.0. The molecule has 4 aromatic rings. The lowest BCUT2D eigenvalue weighted by molar-refractivity contribution is -0.164. The molecule has 3 aliphatic heterocycles. The number of anilines is 1. The lowest BCUT2D eigenvalue weighted by Gasteiger charge is -2.63. The largest absolute Gasteiger partial charge is 0.489 e. The van der Waals surface area contributed by atoms with Crippen LogP contribution in [-0.4, -0.2) is 118 Å². The maximum atomic E-state index is 14.2. The van der Waals surface area contributed by atoms with Crippen molar-refractivity contribution in [2.75, 3.05) is 44.2 Å². The highest BCUT2D eigenvalue weighted by Gasteiger charge is 2.64. The fourth-order valence-corrected chi connectivity index (χ4v) is 12.6. The van der Waals surface area contributed by atoms with Crippen molar-refractivity contribution in [1.29, 1.82) is 5.26 Å². The maximum absolute atomic E-state index is 14.2. The molecule has 0 unspecified atom stereocenters. The van der Waals surface area contributed by atoms with E-state index in [9.17, 15) is 29.5 Å². The van der Waals surface area contributed by atoms with Gasteiger partial charge in [0.1, 0.15) is 35.8 Å². The number of pyridine rings is 1. The van der Waals surface area contributed by atoms with Crippen LogP contribution in [-0.2, 0) is 20.9 Å². The average Bonchev–Trinajstić information content (AvgIpc) is 3.96. The van der Waals surface area contributed by atoms with Crippen molar-refractivity contribution < 1.29 is 29.0 Å². The van der Waals surface area contributed by atoms with Gasteiger partial charge in [0.05, 0.1) is 44.9 Å². The van der Waals surface area contributed by atoms with Crippen LogP contribution in [0.1, 0.15) is 108 Å². The van der Waals surface area contributed by atoms with Crippen LogP contribution in [0.4, 0.5) is 5.82 Å². The van der Waals surface area contributed by atoms with Gasteiger partial charge in [0.25, 0.3) is 5.91 Å². The van der Waals surface area contributed by atoms with E-state index in [1.807, 2.05) is 69.6 Å². The number of nitrogens with one attached hydrogen (secondary N) is 3. The summed E-state index contributed by atoms with van der Waals surface area (Å²) in [5, 5.41) is 29.5. The molecule has 3 saturated heterocycles. The molecular weight excluding hydrogens is 938 g/mol. The number of carbonyl (C=O) groups excluding carboxylic acids is 4. The topological polar surface area (TPSA) is 193 Å². The van der Waals surface area contributed by atoms with Gasteiger partial charge in [-0.3, -0.25) is 24.1 Å². The number of benzene rings is 2. The molecular formula is C54H68ClN9O6S. The van der Waals surface area contributed by atoms with Gasteiger partial charge in [0.15, 0.2) is 0 Å². The molecule has 1 saturated carbocycles. The van der Waals surface area contributed by atoms with Crippen LogP contribution in [0.5, 0.6) is 5.75 Å². The van der Waals surface area contributed by atoms with Crippen molar-refractivity contribution in [2.24, 2.45) is 21.7 Å².